The van der Waals surface area contributed by atoms with Crippen LogP contribution in [0.2, 0.25) is 5.02 Å². The van der Waals surface area contributed by atoms with E-state index in [4.69, 9.17) is 16.3 Å². The van der Waals surface area contributed by atoms with Crippen molar-refractivity contribution < 1.29 is 4.74 Å². The largest absolute Gasteiger partial charge is 0.457 e. The molecule has 0 radical (unpaired) electrons. The number of ether oxygens (including phenoxy) is 1. The highest BCUT2D eigenvalue weighted by Crippen LogP contribution is 2.24. The lowest BCUT2D eigenvalue weighted by Crippen LogP contribution is -1.83. The molecule has 0 atom stereocenters. The summed E-state index contributed by atoms with van der Waals surface area (Å²) in [5, 5.41) is 0.690. The molecule has 3 heteroatoms. The van der Waals surface area contributed by atoms with Gasteiger partial charge < -0.3 is 4.74 Å². The fourth-order valence-electron chi connectivity index (χ4n) is 1.95. The molecule has 0 fully saturated rings. The van der Waals surface area contributed by atoms with Gasteiger partial charge in [0.1, 0.15) is 11.5 Å². The van der Waals surface area contributed by atoms with Crippen LogP contribution in [0.15, 0.2) is 83.9 Å². The van der Waals surface area contributed by atoms with Crippen molar-refractivity contribution in [3.63, 3.8) is 0 Å². The van der Waals surface area contributed by atoms with Crippen LogP contribution in [0.5, 0.6) is 11.5 Å². The van der Waals surface area contributed by atoms with Crippen molar-refractivity contribution >= 4 is 23.5 Å². The zero-order valence-corrected chi connectivity index (χ0v) is 12.6. The third-order valence-electron chi connectivity index (χ3n) is 3.07. The fraction of sp³-hybridized carbons (Fsp3) is 0. The number of para-hydroxylation sites is 1. The van der Waals surface area contributed by atoms with E-state index in [0.717, 1.165) is 22.7 Å². The second-order valence-electron chi connectivity index (χ2n) is 4.69. The summed E-state index contributed by atoms with van der Waals surface area (Å²) in [4.78, 5) is 4.42. The van der Waals surface area contributed by atoms with Gasteiger partial charge in [-0.15, -0.1) is 0 Å². The molecule has 3 rings (SSSR count). The van der Waals surface area contributed by atoms with Crippen molar-refractivity contribution in [2.24, 2.45) is 4.99 Å². The highest BCUT2D eigenvalue weighted by Gasteiger charge is 1.97. The molecule has 0 amide bonds. The average Bonchev–Trinajstić information content (AvgIpc) is 2.56. The number of benzene rings is 3. The summed E-state index contributed by atoms with van der Waals surface area (Å²) in [6, 6.07) is 24.9. The van der Waals surface area contributed by atoms with E-state index in [2.05, 4.69) is 4.99 Å². The Bertz CT molecular complexity index is 767. The summed E-state index contributed by atoms with van der Waals surface area (Å²) in [6.07, 6.45) is 1.76. The first kappa shape index (κ1) is 14.4. The van der Waals surface area contributed by atoms with E-state index in [1.807, 2.05) is 78.9 Å². The lowest BCUT2D eigenvalue weighted by atomic mass is 10.2. The van der Waals surface area contributed by atoms with Crippen LogP contribution in [0.25, 0.3) is 0 Å². The zero-order chi connectivity index (χ0) is 15.2. The molecule has 2 nitrogen and oxygen atoms in total. The number of hydrogen-bond donors (Lipinski definition) is 0. The Morgan fingerprint density at radius 1 is 0.727 bits per heavy atom. The van der Waals surface area contributed by atoms with Gasteiger partial charge in [-0.05, 0) is 42.5 Å². The molecule has 0 unspecified atom stereocenters. The Labute approximate surface area is 134 Å². The van der Waals surface area contributed by atoms with Gasteiger partial charge in [0.25, 0.3) is 0 Å². The second kappa shape index (κ2) is 6.92. The topological polar surface area (TPSA) is 21.6 Å². The Morgan fingerprint density at radius 3 is 2.09 bits per heavy atom. The number of rotatable bonds is 4. The lowest BCUT2D eigenvalue weighted by Gasteiger charge is -2.05. The molecule has 22 heavy (non-hydrogen) atoms. The first-order valence-corrected chi connectivity index (χ1v) is 7.31. The summed E-state index contributed by atoms with van der Waals surface area (Å²) < 4.78 is 5.74. The van der Waals surface area contributed by atoms with Crippen LogP contribution in [0.4, 0.5) is 5.69 Å². The molecule has 0 saturated heterocycles. The predicted octanol–water partition coefficient (Wildman–Crippen LogP) is 5.88. The third kappa shape index (κ3) is 3.74. The average molecular weight is 308 g/mol. The molecule has 0 heterocycles. The molecule has 0 aliphatic carbocycles. The monoisotopic (exact) mass is 307 g/mol. The molecule has 3 aromatic rings. The molecule has 0 saturated carbocycles. The van der Waals surface area contributed by atoms with Crippen molar-refractivity contribution in [1.82, 2.24) is 0 Å². The van der Waals surface area contributed by atoms with Crippen molar-refractivity contribution in [1.29, 1.82) is 0 Å². The molecule has 0 bridgehead atoms. The molecule has 0 aliphatic heterocycles. The maximum absolute atomic E-state index is 6.09. The van der Waals surface area contributed by atoms with Crippen LogP contribution < -0.4 is 4.74 Å². The summed E-state index contributed by atoms with van der Waals surface area (Å²) in [6.45, 7) is 0. The zero-order valence-electron chi connectivity index (χ0n) is 11.8. The molecule has 0 aliphatic rings. The van der Waals surface area contributed by atoms with Crippen LogP contribution in [0.3, 0.4) is 0 Å². The van der Waals surface area contributed by atoms with Gasteiger partial charge in [0.15, 0.2) is 0 Å². The first-order valence-electron chi connectivity index (χ1n) is 6.93. The Balaban J connectivity index is 1.71. The normalized spacial score (nSPS) is 10.8. The van der Waals surface area contributed by atoms with Gasteiger partial charge in [-0.2, -0.15) is 0 Å². The number of aliphatic imine (C=N–C) groups is 1. The standard InChI is InChI=1S/C19H14ClNO/c20-19-9-5-4-6-15(19)14-21-16-10-12-18(13-11-16)22-17-7-2-1-3-8-17/h1-14H. The van der Waals surface area contributed by atoms with Crippen LogP contribution in [-0.2, 0) is 0 Å². The third-order valence-corrected chi connectivity index (χ3v) is 3.42. The van der Waals surface area contributed by atoms with Gasteiger partial charge in [0, 0.05) is 16.8 Å². The maximum Gasteiger partial charge on any atom is 0.127 e. The minimum Gasteiger partial charge on any atom is -0.457 e. The van der Waals surface area contributed by atoms with Crippen molar-refractivity contribution in [2.45, 2.75) is 0 Å². The lowest BCUT2D eigenvalue weighted by molar-refractivity contribution is 0.483. The van der Waals surface area contributed by atoms with E-state index in [1.54, 1.807) is 6.21 Å². The van der Waals surface area contributed by atoms with E-state index in [9.17, 15) is 0 Å². The van der Waals surface area contributed by atoms with E-state index in [-0.39, 0.29) is 0 Å². The minimum absolute atomic E-state index is 0.690. The number of hydrogen-bond acceptors (Lipinski definition) is 2. The van der Waals surface area contributed by atoms with Gasteiger partial charge in [-0.1, -0.05) is 48.0 Å². The summed E-state index contributed by atoms with van der Waals surface area (Å²) >= 11 is 6.09. The van der Waals surface area contributed by atoms with Gasteiger partial charge in [0.2, 0.25) is 0 Å². The Hall–Kier alpha value is -2.58. The number of nitrogens with zero attached hydrogens (tertiary/aromatic N) is 1. The Kier molecular flexibility index (Phi) is 4.52. The van der Waals surface area contributed by atoms with Crippen LogP contribution in [0.1, 0.15) is 5.56 Å². The molecule has 108 valence electrons. The van der Waals surface area contributed by atoms with Gasteiger partial charge >= 0.3 is 0 Å². The maximum atomic E-state index is 6.09. The smallest absolute Gasteiger partial charge is 0.127 e. The van der Waals surface area contributed by atoms with Crippen molar-refractivity contribution in [3.8, 4) is 11.5 Å². The van der Waals surface area contributed by atoms with Crippen molar-refractivity contribution in [2.75, 3.05) is 0 Å². The van der Waals surface area contributed by atoms with Crippen LogP contribution in [0, 0.1) is 0 Å². The Morgan fingerprint density at radius 2 is 1.36 bits per heavy atom. The summed E-state index contributed by atoms with van der Waals surface area (Å²) in [5.41, 5.74) is 1.74. The van der Waals surface area contributed by atoms with E-state index >= 15 is 0 Å². The molecule has 0 spiro atoms. The van der Waals surface area contributed by atoms with E-state index in [0.29, 0.717) is 5.02 Å². The van der Waals surface area contributed by atoms with E-state index in [1.165, 1.54) is 0 Å². The summed E-state index contributed by atoms with van der Waals surface area (Å²) in [7, 11) is 0. The molecule has 3 aromatic carbocycles. The SMILES string of the molecule is Clc1ccccc1C=Nc1ccc(Oc2ccccc2)cc1. The highest BCUT2D eigenvalue weighted by atomic mass is 35.5. The second-order valence-corrected chi connectivity index (χ2v) is 5.10. The predicted molar refractivity (Wildman–Crippen MR) is 91.7 cm³/mol. The van der Waals surface area contributed by atoms with Gasteiger partial charge in [-0.25, -0.2) is 0 Å². The highest BCUT2D eigenvalue weighted by molar-refractivity contribution is 6.33. The van der Waals surface area contributed by atoms with Gasteiger partial charge in [0.05, 0.1) is 5.69 Å². The minimum atomic E-state index is 0.690. The van der Waals surface area contributed by atoms with Gasteiger partial charge in [-0.3, -0.25) is 4.99 Å². The number of halogens is 1. The molecule has 0 aromatic heterocycles. The molecular formula is C19H14ClNO. The molecule has 0 N–H and O–H groups in total. The van der Waals surface area contributed by atoms with Crippen LogP contribution in [-0.4, -0.2) is 6.21 Å². The van der Waals surface area contributed by atoms with E-state index < -0.39 is 0 Å². The van der Waals surface area contributed by atoms with Crippen LogP contribution >= 0.6 is 11.6 Å². The quantitative estimate of drug-likeness (QED) is 0.551. The summed E-state index contributed by atoms with van der Waals surface area (Å²) in [5.74, 6) is 1.60. The fourth-order valence-corrected chi connectivity index (χ4v) is 2.13. The first-order chi connectivity index (χ1) is 10.8. The van der Waals surface area contributed by atoms with Crippen molar-refractivity contribution in [3.05, 3.63) is 89.4 Å². The molecular weight excluding hydrogens is 294 g/mol.